The van der Waals surface area contributed by atoms with Gasteiger partial charge in [0.25, 0.3) is 11.5 Å². The van der Waals surface area contributed by atoms with Gasteiger partial charge in [-0.3, -0.25) is 14.2 Å². The number of hydrogen-bond acceptors (Lipinski definition) is 3. The highest BCUT2D eigenvalue weighted by Gasteiger charge is 2.28. The van der Waals surface area contributed by atoms with Gasteiger partial charge in [-0.1, -0.05) is 74.5 Å². The predicted molar refractivity (Wildman–Crippen MR) is 150 cm³/mol. The van der Waals surface area contributed by atoms with Crippen molar-refractivity contribution < 1.29 is 4.79 Å². The summed E-state index contributed by atoms with van der Waals surface area (Å²) in [6.07, 6.45) is 0. The number of nitrogens with zero attached hydrogens (tertiary/aromatic N) is 3. The maximum Gasteiger partial charge on any atom is 0.266 e. The van der Waals surface area contributed by atoms with Crippen LogP contribution < -0.4 is 5.56 Å². The second kappa shape index (κ2) is 10.0. The molecule has 0 saturated heterocycles. The van der Waals surface area contributed by atoms with E-state index in [9.17, 15) is 9.59 Å². The van der Waals surface area contributed by atoms with Gasteiger partial charge in [0.2, 0.25) is 0 Å². The molecule has 4 aromatic carbocycles. The second-order valence-corrected chi connectivity index (χ2v) is 10.0. The second-order valence-electron chi connectivity index (χ2n) is 10.0. The van der Waals surface area contributed by atoms with E-state index in [1.54, 1.807) is 10.6 Å². The Morgan fingerprint density at radius 2 is 1.54 bits per heavy atom. The molecule has 0 aliphatic heterocycles. The lowest BCUT2D eigenvalue weighted by molar-refractivity contribution is 0.0655. The van der Waals surface area contributed by atoms with Crippen LogP contribution in [-0.4, -0.2) is 26.9 Å². The van der Waals surface area contributed by atoms with Crippen LogP contribution in [0.3, 0.4) is 0 Å². The van der Waals surface area contributed by atoms with Gasteiger partial charge in [-0.25, -0.2) is 4.98 Å². The van der Waals surface area contributed by atoms with E-state index in [0.29, 0.717) is 28.8 Å². The summed E-state index contributed by atoms with van der Waals surface area (Å²) in [6, 6.07) is 28.6. The fourth-order valence-electron chi connectivity index (χ4n) is 4.92. The minimum atomic E-state index is -0.446. The Hall–Kier alpha value is -4.25. The zero-order valence-corrected chi connectivity index (χ0v) is 21.7. The number of carbonyl (C=O) groups is 1. The first-order valence-electron chi connectivity index (χ1n) is 12.7. The quantitative estimate of drug-likeness (QED) is 0.266. The summed E-state index contributed by atoms with van der Waals surface area (Å²) in [4.78, 5) is 34.7. The molecule has 5 rings (SSSR count). The highest BCUT2D eigenvalue weighted by Crippen LogP contribution is 2.27. The summed E-state index contributed by atoms with van der Waals surface area (Å²) < 4.78 is 1.68. The molecule has 1 amide bonds. The molecular formula is C32H31N3O2. The Morgan fingerprint density at radius 1 is 0.865 bits per heavy atom. The first-order chi connectivity index (χ1) is 17.8. The molecule has 0 bridgehead atoms. The third-order valence-electron chi connectivity index (χ3n) is 6.82. The molecule has 0 N–H and O–H groups in total. The van der Waals surface area contributed by atoms with Crippen molar-refractivity contribution in [1.29, 1.82) is 0 Å². The van der Waals surface area contributed by atoms with Gasteiger partial charge in [-0.15, -0.1) is 0 Å². The fraction of sp³-hybridized carbons (Fsp3) is 0.219. The van der Waals surface area contributed by atoms with Crippen LogP contribution in [0, 0.1) is 12.8 Å². The molecule has 186 valence electrons. The van der Waals surface area contributed by atoms with E-state index in [1.807, 2.05) is 104 Å². The number of benzene rings is 4. The first-order valence-corrected chi connectivity index (χ1v) is 12.7. The summed E-state index contributed by atoms with van der Waals surface area (Å²) in [5, 5.41) is 2.66. The van der Waals surface area contributed by atoms with Crippen molar-refractivity contribution in [3.63, 3.8) is 0 Å². The molecule has 0 aliphatic carbocycles. The van der Waals surface area contributed by atoms with Gasteiger partial charge in [0, 0.05) is 12.1 Å². The Kier molecular flexibility index (Phi) is 6.62. The highest BCUT2D eigenvalue weighted by molar-refractivity contribution is 5.98. The monoisotopic (exact) mass is 489 g/mol. The molecule has 1 unspecified atom stereocenters. The Labute approximate surface area is 217 Å². The third kappa shape index (κ3) is 4.65. The highest BCUT2D eigenvalue weighted by atomic mass is 16.2. The smallest absolute Gasteiger partial charge is 0.266 e. The van der Waals surface area contributed by atoms with Crippen LogP contribution in [0.4, 0.5) is 0 Å². The van der Waals surface area contributed by atoms with Gasteiger partial charge in [0.15, 0.2) is 0 Å². The molecule has 0 fully saturated rings. The van der Waals surface area contributed by atoms with Crippen molar-refractivity contribution in [1.82, 2.24) is 14.5 Å². The SMILES string of the molecule is Cc1ccccc1-n1c(C(C)N(CC(C)C)C(=O)c2ccc3ccccc3c2)nc2ccccc2c1=O. The molecule has 1 atom stereocenters. The number of aryl methyl sites for hydroxylation is 1. The van der Waals surface area contributed by atoms with Gasteiger partial charge in [-0.05, 0) is 66.4 Å². The van der Waals surface area contributed by atoms with Gasteiger partial charge in [0.05, 0.1) is 22.6 Å². The molecular weight excluding hydrogens is 458 g/mol. The van der Waals surface area contributed by atoms with Crippen molar-refractivity contribution in [3.8, 4) is 5.69 Å². The van der Waals surface area contributed by atoms with Gasteiger partial charge in [0.1, 0.15) is 5.82 Å². The van der Waals surface area contributed by atoms with Crippen LogP contribution in [0.1, 0.15) is 48.6 Å². The molecule has 0 spiro atoms. The standard InChI is InChI=1S/C32H31N3O2/c1-21(2)20-34(31(36)26-18-17-24-12-6-7-13-25(24)19-26)23(4)30-33-28-15-9-8-14-27(28)32(37)35(30)29-16-10-5-11-22(29)3/h5-19,21,23H,20H2,1-4H3. The topological polar surface area (TPSA) is 55.2 Å². The molecule has 0 saturated carbocycles. The van der Waals surface area contributed by atoms with E-state index in [1.165, 1.54) is 0 Å². The van der Waals surface area contributed by atoms with Crippen LogP contribution in [0.2, 0.25) is 0 Å². The van der Waals surface area contributed by atoms with Crippen molar-refractivity contribution in [3.05, 3.63) is 118 Å². The number of para-hydroxylation sites is 2. The van der Waals surface area contributed by atoms with E-state index in [0.717, 1.165) is 22.0 Å². The predicted octanol–water partition coefficient (Wildman–Crippen LogP) is 6.71. The largest absolute Gasteiger partial charge is 0.328 e. The minimum Gasteiger partial charge on any atom is -0.328 e. The van der Waals surface area contributed by atoms with E-state index < -0.39 is 6.04 Å². The van der Waals surface area contributed by atoms with E-state index in [-0.39, 0.29) is 17.4 Å². The molecule has 5 aromatic rings. The van der Waals surface area contributed by atoms with Crippen LogP contribution in [0.15, 0.2) is 95.8 Å². The molecule has 37 heavy (non-hydrogen) atoms. The zero-order valence-electron chi connectivity index (χ0n) is 21.7. The molecule has 1 heterocycles. The van der Waals surface area contributed by atoms with Crippen LogP contribution in [0.25, 0.3) is 27.4 Å². The van der Waals surface area contributed by atoms with Gasteiger partial charge in [-0.2, -0.15) is 0 Å². The number of rotatable bonds is 6. The van der Waals surface area contributed by atoms with Crippen molar-refractivity contribution in [2.24, 2.45) is 5.92 Å². The number of carbonyl (C=O) groups excluding carboxylic acids is 1. The van der Waals surface area contributed by atoms with Crippen LogP contribution >= 0.6 is 0 Å². The Balaban J connectivity index is 1.69. The number of amides is 1. The summed E-state index contributed by atoms with van der Waals surface area (Å²) in [5.41, 5.74) is 2.85. The number of aromatic nitrogens is 2. The fourth-order valence-corrected chi connectivity index (χ4v) is 4.92. The molecule has 0 aliphatic rings. The first kappa shape index (κ1) is 24.4. The lowest BCUT2D eigenvalue weighted by atomic mass is 10.0. The van der Waals surface area contributed by atoms with Crippen molar-refractivity contribution >= 4 is 27.6 Å². The summed E-state index contributed by atoms with van der Waals surface area (Å²) in [6.45, 7) is 8.67. The number of fused-ring (bicyclic) bond motifs is 2. The molecule has 5 nitrogen and oxygen atoms in total. The van der Waals surface area contributed by atoms with E-state index >= 15 is 0 Å². The third-order valence-corrected chi connectivity index (χ3v) is 6.82. The lowest BCUT2D eigenvalue weighted by Gasteiger charge is -2.32. The maximum absolute atomic E-state index is 14.0. The average molecular weight is 490 g/mol. The normalized spacial score (nSPS) is 12.2. The number of hydrogen-bond donors (Lipinski definition) is 0. The average Bonchev–Trinajstić information content (AvgIpc) is 2.91. The van der Waals surface area contributed by atoms with E-state index in [4.69, 9.17) is 4.98 Å². The van der Waals surface area contributed by atoms with Gasteiger partial charge < -0.3 is 4.90 Å². The summed E-state index contributed by atoms with van der Waals surface area (Å²) in [7, 11) is 0. The Morgan fingerprint density at radius 3 is 2.30 bits per heavy atom. The van der Waals surface area contributed by atoms with Crippen LogP contribution in [0.5, 0.6) is 0 Å². The molecule has 0 radical (unpaired) electrons. The van der Waals surface area contributed by atoms with Crippen molar-refractivity contribution in [2.45, 2.75) is 33.7 Å². The minimum absolute atomic E-state index is 0.0781. The van der Waals surface area contributed by atoms with E-state index in [2.05, 4.69) is 13.8 Å². The Bertz CT molecular complexity index is 1670. The van der Waals surface area contributed by atoms with Crippen molar-refractivity contribution in [2.75, 3.05) is 6.54 Å². The summed E-state index contributed by atoms with van der Waals surface area (Å²) in [5.74, 6) is 0.699. The van der Waals surface area contributed by atoms with Gasteiger partial charge >= 0.3 is 0 Å². The zero-order chi connectivity index (χ0) is 26.1. The summed E-state index contributed by atoms with van der Waals surface area (Å²) >= 11 is 0. The van der Waals surface area contributed by atoms with Crippen LogP contribution in [-0.2, 0) is 0 Å². The molecule has 1 aromatic heterocycles. The maximum atomic E-state index is 14.0. The lowest BCUT2D eigenvalue weighted by Crippen LogP contribution is -2.39. The molecule has 5 heteroatoms.